The van der Waals surface area contributed by atoms with Crippen molar-refractivity contribution >= 4 is 64.7 Å². The number of anilines is 2. The number of carboxylic acids is 1. The summed E-state index contributed by atoms with van der Waals surface area (Å²) in [5.41, 5.74) is 2.53. The SMILES string of the molecule is COCCOCCOCCOCCOCCOCCN(CCCS(=O)(=O)O)c1ccc2c(C(C)(C)C)cc(/C=C/C=C3/N(CCOCCOCCOCCOCCOCCOCCC(=O)O)c4ccc(S(=O)(=O)O)cc4C3(C)CCCS(=O)(=O)O)[o+]c2c1. The van der Waals surface area contributed by atoms with Crippen LogP contribution in [0.15, 0.2) is 69.6 Å². The number of rotatable bonds is 51. The van der Waals surface area contributed by atoms with Gasteiger partial charge in [0.2, 0.25) is 0 Å². The van der Waals surface area contributed by atoms with E-state index in [9.17, 15) is 43.7 Å². The smallest absolute Gasteiger partial charge is 0.363 e. The molecule has 0 fully saturated rings. The summed E-state index contributed by atoms with van der Waals surface area (Å²) in [6.07, 6.45) is 5.61. The third-order valence-corrected chi connectivity index (χ3v) is 16.0. The molecule has 0 bridgehead atoms. The molecule has 2 heterocycles. The average Bonchev–Trinajstić information content (AvgIpc) is 1.78. The average molecular weight is 1310 g/mol. The summed E-state index contributed by atoms with van der Waals surface area (Å²) in [7, 11) is -11.6. The Morgan fingerprint density at radius 1 is 0.602 bits per heavy atom. The number of carbonyl (C=O) groups is 1. The van der Waals surface area contributed by atoms with Crippen LogP contribution in [0.5, 0.6) is 0 Å². The molecule has 1 unspecified atom stereocenters. The molecule has 1 aromatic heterocycles. The molecule has 500 valence electrons. The first-order valence-corrected chi connectivity index (χ1v) is 34.0. The molecule has 0 aliphatic carbocycles. The molecular formula is C59H93N2O24S3+. The van der Waals surface area contributed by atoms with Crippen molar-refractivity contribution in [2.75, 3.05) is 200 Å². The van der Waals surface area contributed by atoms with Gasteiger partial charge >= 0.3 is 17.3 Å². The second kappa shape index (κ2) is 40.5. The number of ether oxygens (including phenoxy) is 12. The topological polar surface area (TPSA) is 329 Å². The van der Waals surface area contributed by atoms with Crippen LogP contribution in [0.3, 0.4) is 0 Å². The van der Waals surface area contributed by atoms with Crippen LogP contribution < -0.4 is 9.80 Å². The molecule has 1 aliphatic heterocycles. The Kier molecular flexibility index (Phi) is 35.0. The van der Waals surface area contributed by atoms with E-state index in [2.05, 4.69) is 20.8 Å². The van der Waals surface area contributed by atoms with E-state index in [1.165, 1.54) is 12.1 Å². The molecule has 1 aliphatic rings. The predicted octanol–water partition coefficient (Wildman–Crippen LogP) is 5.99. The summed E-state index contributed by atoms with van der Waals surface area (Å²) in [6, 6.07) is 11.9. The van der Waals surface area contributed by atoms with Crippen molar-refractivity contribution in [1.29, 1.82) is 0 Å². The Morgan fingerprint density at radius 3 is 1.56 bits per heavy atom. The van der Waals surface area contributed by atoms with Gasteiger partial charge in [-0.2, -0.15) is 25.3 Å². The number of carboxylic acid groups (broad SMARTS) is 1. The molecule has 0 saturated carbocycles. The molecule has 2 aromatic carbocycles. The first-order chi connectivity index (χ1) is 41.9. The van der Waals surface area contributed by atoms with Gasteiger partial charge < -0.3 is 71.7 Å². The highest BCUT2D eigenvalue weighted by molar-refractivity contribution is 7.86. The molecule has 0 spiro atoms. The summed E-state index contributed by atoms with van der Waals surface area (Å²) in [6.45, 7) is 17.0. The van der Waals surface area contributed by atoms with Crippen molar-refractivity contribution in [1.82, 2.24) is 0 Å². The molecule has 0 radical (unpaired) electrons. The van der Waals surface area contributed by atoms with Gasteiger partial charge in [-0.1, -0.05) is 26.8 Å². The lowest BCUT2D eigenvalue weighted by atomic mass is 9.77. The number of allylic oxidation sites excluding steroid dienone is 3. The fourth-order valence-corrected chi connectivity index (χ4v) is 10.8. The van der Waals surface area contributed by atoms with Gasteiger partial charge in [0.25, 0.3) is 30.4 Å². The molecule has 29 heteroatoms. The summed E-state index contributed by atoms with van der Waals surface area (Å²) >= 11 is 0. The number of aliphatic carboxylic acids is 1. The van der Waals surface area contributed by atoms with E-state index in [-0.39, 0.29) is 82.1 Å². The Hall–Kier alpha value is -4.35. The van der Waals surface area contributed by atoms with Crippen molar-refractivity contribution in [2.24, 2.45) is 0 Å². The van der Waals surface area contributed by atoms with E-state index in [4.69, 9.17) is 66.4 Å². The van der Waals surface area contributed by atoms with Gasteiger partial charge in [-0.25, -0.2) is 4.42 Å². The minimum Gasteiger partial charge on any atom is -0.481 e. The first-order valence-electron chi connectivity index (χ1n) is 29.3. The zero-order chi connectivity index (χ0) is 64.3. The predicted molar refractivity (Wildman–Crippen MR) is 329 cm³/mol. The second-order valence-electron chi connectivity index (χ2n) is 21.4. The van der Waals surface area contributed by atoms with Crippen LogP contribution in [0.2, 0.25) is 0 Å². The van der Waals surface area contributed by atoms with Gasteiger partial charge in [-0.15, -0.1) is 0 Å². The van der Waals surface area contributed by atoms with Crippen LogP contribution in [-0.4, -0.2) is 240 Å². The fourth-order valence-electron chi connectivity index (χ4n) is 9.26. The molecule has 88 heavy (non-hydrogen) atoms. The lowest BCUT2D eigenvalue weighted by Gasteiger charge is -2.30. The van der Waals surface area contributed by atoms with Crippen molar-refractivity contribution in [3.8, 4) is 0 Å². The van der Waals surface area contributed by atoms with Gasteiger partial charge in [0, 0.05) is 61.4 Å². The fraction of sp³-hybridized carbons (Fsp3) is 0.661. The maximum absolute atomic E-state index is 12.5. The number of hydrogen-bond donors (Lipinski definition) is 4. The van der Waals surface area contributed by atoms with Crippen LogP contribution in [-0.2, 0) is 103 Å². The van der Waals surface area contributed by atoms with Gasteiger partial charge in [-0.3, -0.25) is 18.5 Å². The van der Waals surface area contributed by atoms with Gasteiger partial charge in [0.05, 0.1) is 186 Å². The number of benzene rings is 2. The van der Waals surface area contributed by atoms with E-state index in [0.717, 1.165) is 16.6 Å². The number of methoxy groups -OCH3 is 1. The Bertz CT molecular complexity index is 2920. The van der Waals surface area contributed by atoms with Crippen molar-refractivity contribution < 1.29 is 110 Å². The molecule has 0 amide bonds. The molecule has 4 rings (SSSR count). The summed E-state index contributed by atoms with van der Waals surface area (Å²) in [5, 5.41) is 9.47. The van der Waals surface area contributed by atoms with E-state index >= 15 is 0 Å². The lowest BCUT2D eigenvalue weighted by molar-refractivity contribution is -0.138. The Balaban J connectivity index is 1.45. The maximum Gasteiger partial charge on any atom is 0.363 e. The van der Waals surface area contributed by atoms with Crippen LogP contribution >= 0.6 is 0 Å². The monoisotopic (exact) mass is 1310 g/mol. The van der Waals surface area contributed by atoms with E-state index in [0.29, 0.717) is 154 Å². The van der Waals surface area contributed by atoms with Gasteiger partial charge in [0.1, 0.15) is 0 Å². The highest BCUT2D eigenvalue weighted by Gasteiger charge is 2.44. The second-order valence-corrected chi connectivity index (χ2v) is 26.0. The normalized spacial score (nSPS) is 15.4. The van der Waals surface area contributed by atoms with Gasteiger partial charge in [-0.05, 0) is 79.1 Å². The molecule has 26 nitrogen and oxygen atoms in total. The highest BCUT2D eigenvalue weighted by atomic mass is 32.2. The minimum atomic E-state index is -4.66. The largest absolute Gasteiger partial charge is 0.481 e. The van der Waals surface area contributed by atoms with E-state index in [1.807, 2.05) is 47.1 Å². The quantitative estimate of drug-likeness (QED) is 0.0286. The number of fused-ring (bicyclic) bond motifs is 2. The van der Waals surface area contributed by atoms with Crippen LogP contribution in [0, 0.1) is 0 Å². The van der Waals surface area contributed by atoms with Crippen molar-refractivity contribution in [3.05, 3.63) is 77.2 Å². The van der Waals surface area contributed by atoms with Crippen LogP contribution in [0.25, 0.3) is 17.0 Å². The molecule has 3 aromatic rings. The van der Waals surface area contributed by atoms with Crippen molar-refractivity contribution in [3.63, 3.8) is 0 Å². The number of nitrogens with zero attached hydrogens (tertiary/aromatic N) is 2. The maximum atomic E-state index is 12.5. The molecule has 4 N–H and O–H groups in total. The Morgan fingerprint density at radius 2 is 1.08 bits per heavy atom. The highest BCUT2D eigenvalue weighted by Crippen LogP contribution is 2.51. The molecule has 1 atom stereocenters. The lowest BCUT2D eigenvalue weighted by Crippen LogP contribution is -2.31. The molecule has 0 saturated heterocycles. The van der Waals surface area contributed by atoms with Crippen LogP contribution in [0.4, 0.5) is 11.4 Å². The summed E-state index contributed by atoms with van der Waals surface area (Å²) in [4.78, 5) is 14.1. The number of hydrogen-bond acceptors (Lipinski definition) is 21. The van der Waals surface area contributed by atoms with Crippen molar-refractivity contribution in [2.45, 2.75) is 69.1 Å². The van der Waals surface area contributed by atoms with Gasteiger partial charge in [0.15, 0.2) is 0 Å². The summed E-state index contributed by atoms with van der Waals surface area (Å²) in [5.74, 6) is -1.44. The third kappa shape index (κ3) is 30.2. The zero-order valence-electron chi connectivity index (χ0n) is 51.5. The minimum absolute atomic E-state index is 0.00151. The standard InChI is InChI=1S/C59H92N2O24S3/c1-58(2,3)52-46-49(85-55-45-48(11-13-51(52)55)60(17-8-44-87(67,68)69)18-21-75-26-29-79-34-37-83-40-39-81-32-31-77-24-23-73-5)9-6-10-56-59(4,16-7-43-86(64,65)66)53-47-50(88(70,71)72)12-14-54(53)61(56)19-22-76-27-30-80-35-38-84-42-41-82-36-33-78-28-25-74-20-15-57(62)63/h6,9-14,45-47H,7-8,15-44H2,1-5H3,(H3-,62,63,64,65,66,67,68,69,70,71,72)/p+1/b9-6+,56-10+. The van der Waals surface area contributed by atoms with Crippen LogP contribution in [0.1, 0.15) is 70.3 Å². The van der Waals surface area contributed by atoms with E-state index < -0.39 is 53.2 Å². The third-order valence-electron chi connectivity index (χ3n) is 13.6. The summed E-state index contributed by atoms with van der Waals surface area (Å²) < 4.78 is 175. The zero-order valence-corrected chi connectivity index (χ0v) is 53.9. The Labute approximate surface area is 518 Å². The first kappa shape index (κ1) is 76.1. The van der Waals surface area contributed by atoms with E-state index in [1.54, 1.807) is 25.3 Å². The molecular weight excluding hydrogens is 1220 g/mol.